The average Bonchev–Trinajstić information content (AvgIpc) is 2.84. The molecule has 0 saturated carbocycles. The molecule has 0 atom stereocenters. The van der Waals surface area contributed by atoms with Gasteiger partial charge in [0.15, 0.2) is 0 Å². The van der Waals surface area contributed by atoms with Crippen molar-refractivity contribution in [3.63, 3.8) is 0 Å². The number of fused-ring (bicyclic) bond motifs is 1. The molecule has 1 N–H and O–H groups in total. The molecule has 0 bridgehead atoms. The summed E-state index contributed by atoms with van der Waals surface area (Å²) >= 11 is 0.00690. The number of carboxylic acids is 1. The first kappa shape index (κ1) is 28.3. The van der Waals surface area contributed by atoms with Crippen molar-refractivity contribution in [2.24, 2.45) is 0 Å². The standard InChI is InChI=1S/C30H40O5Se/c1-29(2)16-17-30(3,4)24-20-26(36-22-14-12-21(13-15-22)28(32)33)25(19-23(24)29)35-18-10-8-6-7-9-11-27(31)34-5/h12-15,19-20H,6-11,16-18H2,1-5H3,(H,32,33). The van der Waals surface area contributed by atoms with Crippen LogP contribution in [0.1, 0.15) is 101 Å². The van der Waals surface area contributed by atoms with Crippen molar-refractivity contribution in [1.82, 2.24) is 0 Å². The second-order valence-corrected chi connectivity index (χ2v) is 13.3. The molecule has 0 unspecified atom stereocenters. The van der Waals surface area contributed by atoms with Crippen molar-refractivity contribution in [3.8, 4) is 5.75 Å². The predicted octanol–water partition coefficient (Wildman–Crippen LogP) is 5.28. The van der Waals surface area contributed by atoms with E-state index in [-0.39, 0.29) is 31.8 Å². The van der Waals surface area contributed by atoms with E-state index >= 15 is 0 Å². The molecule has 0 aliphatic heterocycles. The Morgan fingerprint density at radius 2 is 1.47 bits per heavy atom. The van der Waals surface area contributed by atoms with E-state index < -0.39 is 5.97 Å². The minimum atomic E-state index is -0.902. The monoisotopic (exact) mass is 560 g/mol. The van der Waals surface area contributed by atoms with E-state index in [0.717, 1.165) is 55.2 Å². The third kappa shape index (κ3) is 7.36. The van der Waals surface area contributed by atoms with Gasteiger partial charge in [-0.2, -0.15) is 0 Å². The molecule has 36 heavy (non-hydrogen) atoms. The van der Waals surface area contributed by atoms with Crippen LogP contribution in [0.15, 0.2) is 36.4 Å². The van der Waals surface area contributed by atoms with Crippen LogP contribution in [0.2, 0.25) is 0 Å². The molecule has 5 nitrogen and oxygen atoms in total. The fourth-order valence-electron chi connectivity index (χ4n) is 4.75. The van der Waals surface area contributed by atoms with Crippen LogP contribution in [0.25, 0.3) is 0 Å². The number of carbonyl (C=O) groups is 2. The molecule has 6 heteroatoms. The quantitative estimate of drug-likeness (QED) is 0.218. The minimum absolute atomic E-state index is 0.00690. The van der Waals surface area contributed by atoms with E-state index in [9.17, 15) is 14.7 Å². The summed E-state index contributed by atoms with van der Waals surface area (Å²) in [6.45, 7) is 9.99. The SMILES string of the molecule is COC(=O)CCCCCCCOc1cc2c(cc1[Se]c1ccc(C(=O)O)cc1)C(C)(C)CCC2(C)C. The van der Waals surface area contributed by atoms with E-state index in [0.29, 0.717) is 18.6 Å². The zero-order valence-electron chi connectivity index (χ0n) is 22.3. The summed E-state index contributed by atoms with van der Waals surface area (Å²) in [7, 11) is 1.43. The topological polar surface area (TPSA) is 72.8 Å². The molecule has 3 rings (SSSR count). The zero-order chi connectivity index (χ0) is 26.3. The Hall–Kier alpha value is -2.30. The molecule has 196 valence electrons. The third-order valence-electron chi connectivity index (χ3n) is 7.26. The summed E-state index contributed by atoms with van der Waals surface area (Å²) in [5.74, 6) is -0.0718. The van der Waals surface area contributed by atoms with E-state index in [1.807, 2.05) is 12.1 Å². The van der Waals surface area contributed by atoms with Crippen molar-refractivity contribution in [2.75, 3.05) is 13.7 Å². The fraction of sp³-hybridized carbons (Fsp3) is 0.533. The van der Waals surface area contributed by atoms with Gasteiger partial charge in [0.1, 0.15) is 0 Å². The first-order chi connectivity index (χ1) is 17.0. The summed E-state index contributed by atoms with van der Waals surface area (Å²) in [5.41, 5.74) is 3.34. The molecule has 0 spiro atoms. The number of ether oxygens (including phenoxy) is 2. The Balaban J connectivity index is 1.74. The molecular weight excluding hydrogens is 519 g/mol. The molecule has 0 radical (unpaired) electrons. The van der Waals surface area contributed by atoms with Crippen LogP contribution in [0.3, 0.4) is 0 Å². The summed E-state index contributed by atoms with van der Waals surface area (Å²) in [6.07, 6.45) is 7.83. The normalized spacial score (nSPS) is 15.7. The van der Waals surface area contributed by atoms with Gasteiger partial charge in [-0.3, -0.25) is 0 Å². The van der Waals surface area contributed by atoms with Crippen molar-refractivity contribution in [3.05, 3.63) is 53.1 Å². The van der Waals surface area contributed by atoms with Gasteiger partial charge in [0.2, 0.25) is 0 Å². The number of methoxy groups -OCH3 is 1. The van der Waals surface area contributed by atoms with Crippen LogP contribution >= 0.6 is 0 Å². The third-order valence-corrected chi connectivity index (χ3v) is 9.45. The van der Waals surface area contributed by atoms with Crippen LogP contribution < -0.4 is 13.7 Å². The maximum atomic E-state index is 11.3. The van der Waals surface area contributed by atoms with Crippen LogP contribution in [-0.4, -0.2) is 45.7 Å². The van der Waals surface area contributed by atoms with Crippen LogP contribution in [-0.2, 0) is 20.4 Å². The summed E-state index contributed by atoms with van der Waals surface area (Å²) < 4.78 is 13.5. The average molecular weight is 560 g/mol. The Morgan fingerprint density at radius 1 is 0.889 bits per heavy atom. The number of carboxylic acid groups (broad SMARTS) is 1. The zero-order valence-corrected chi connectivity index (χ0v) is 24.0. The number of carbonyl (C=O) groups excluding carboxylic acids is 1. The van der Waals surface area contributed by atoms with Gasteiger partial charge in [-0.05, 0) is 0 Å². The molecule has 0 heterocycles. The van der Waals surface area contributed by atoms with Gasteiger partial charge in [-0.25, -0.2) is 0 Å². The molecule has 0 fully saturated rings. The summed E-state index contributed by atoms with van der Waals surface area (Å²) in [4.78, 5) is 22.5. The molecular formula is C30H40O5Se. The molecule has 1 aliphatic carbocycles. The summed E-state index contributed by atoms with van der Waals surface area (Å²) in [5, 5.41) is 9.24. The Morgan fingerprint density at radius 3 is 2.08 bits per heavy atom. The molecule has 0 aromatic heterocycles. The Labute approximate surface area is 222 Å². The van der Waals surface area contributed by atoms with Gasteiger partial charge >= 0.3 is 215 Å². The Kier molecular flexibility index (Phi) is 9.65. The maximum absolute atomic E-state index is 11.3. The van der Waals surface area contributed by atoms with Gasteiger partial charge in [0.25, 0.3) is 0 Å². The summed E-state index contributed by atoms with van der Waals surface area (Å²) in [6, 6.07) is 11.9. The van der Waals surface area contributed by atoms with Crippen LogP contribution in [0.4, 0.5) is 0 Å². The van der Waals surface area contributed by atoms with Crippen molar-refractivity contribution < 1.29 is 24.2 Å². The molecule has 2 aromatic carbocycles. The van der Waals surface area contributed by atoms with Crippen LogP contribution in [0.5, 0.6) is 5.75 Å². The van der Waals surface area contributed by atoms with E-state index in [4.69, 9.17) is 9.47 Å². The second kappa shape index (κ2) is 12.3. The predicted molar refractivity (Wildman–Crippen MR) is 145 cm³/mol. The second-order valence-electron chi connectivity index (χ2n) is 11.0. The van der Waals surface area contributed by atoms with Gasteiger partial charge in [-0.15, -0.1) is 0 Å². The van der Waals surface area contributed by atoms with Crippen LogP contribution in [0, 0.1) is 0 Å². The molecule has 0 amide bonds. The van der Waals surface area contributed by atoms with E-state index in [1.165, 1.54) is 22.7 Å². The van der Waals surface area contributed by atoms with Crippen molar-refractivity contribution in [2.45, 2.75) is 89.9 Å². The fourth-order valence-corrected chi connectivity index (χ4v) is 6.68. The van der Waals surface area contributed by atoms with Gasteiger partial charge in [0.05, 0.1) is 7.11 Å². The molecule has 0 saturated heterocycles. The van der Waals surface area contributed by atoms with Gasteiger partial charge in [0, 0.05) is 0 Å². The van der Waals surface area contributed by atoms with Crippen molar-refractivity contribution >= 4 is 35.8 Å². The van der Waals surface area contributed by atoms with Gasteiger partial charge in [-0.1, -0.05) is 0 Å². The number of hydrogen-bond acceptors (Lipinski definition) is 4. The number of hydrogen-bond donors (Lipinski definition) is 1. The first-order valence-corrected chi connectivity index (χ1v) is 14.6. The Bertz CT molecular complexity index is 1060. The first-order valence-electron chi connectivity index (χ1n) is 12.9. The number of aromatic carboxylic acids is 1. The van der Waals surface area contributed by atoms with Crippen molar-refractivity contribution in [1.29, 1.82) is 0 Å². The van der Waals surface area contributed by atoms with E-state index in [2.05, 4.69) is 39.8 Å². The molecule has 2 aromatic rings. The van der Waals surface area contributed by atoms with Gasteiger partial charge < -0.3 is 0 Å². The number of rotatable bonds is 12. The number of esters is 1. The number of benzene rings is 2. The number of unbranched alkanes of at least 4 members (excludes halogenated alkanes) is 4. The van der Waals surface area contributed by atoms with E-state index in [1.54, 1.807) is 12.1 Å². The molecule has 1 aliphatic rings.